The number of morpholine rings is 1. The first-order valence-corrected chi connectivity index (χ1v) is 12.4. The molecule has 2 aromatic rings. The smallest absolute Gasteiger partial charge is 0.245 e. The molecule has 4 rings (SSSR count). The van der Waals surface area contributed by atoms with Crippen LogP contribution in [0.5, 0.6) is 0 Å². The van der Waals surface area contributed by atoms with E-state index in [9.17, 15) is 18.0 Å². The standard InChI is InChI=1S/C22H26ClN3O5S/c1-15(21(27)25-9-11-31-12-10-25)26-8-7-20(22(26)28)24(2)32(29,30)19-6-4-16-13-18(23)5-3-17(16)14-19/h3-6,13-15,20H,7-12H2,1-2H3/t15-,20+/m1/s1. The van der Waals surface area contributed by atoms with E-state index in [1.807, 2.05) is 0 Å². The number of rotatable bonds is 5. The molecule has 0 unspecified atom stereocenters. The van der Waals surface area contributed by atoms with Crippen LogP contribution in [-0.4, -0.2) is 86.3 Å². The minimum Gasteiger partial charge on any atom is -0.378 e. The molecule has 2 amide bonds. The van der Waals surface area contributed by atoms with Crippen molar-refractivity contribution in [2.45, 2.75) is 30.3 Å². The van der Waals surface area contributed by atoms with Crippen molar-refractivity contribution in [1.82, 2.24) is 14.1 Å². The predicted molar refractivity (Wildman–Crippen MR) is 121 cm³/mol. The molecule has 2 aromatic carbocycles. The predicted octanol–water partition coefficient (Wildman–Crippen LogP) is 1.96. The average molecular weight is 480 g/mol. The summed E-state index contributed by atoms with van der Waals surface area (Å²) in [5.74, 6) is -0.487. The van der Waals surface area contributed by atoms with Crippen molar-refractivity contribution < 1.29 is 22.7 Å². The fourth-order valence-electron chi connectivity index (χ4n) is 4.28. The van der Waals surface area contributed by atoms with Crippen LogP contribution < -0.4 is 0 Å². The molecule has 8 nitrogen and oxygen atoms in total. The molecule has 10 heteroatoms. The number of likely N-dealkylation sites (tertiary alicyclic amines) is 1. The van der Waals surface area contributed by atoms with Gasteiger partial charge in [0.1, 0.15) is 12.1 Å². The summed E-state index contributed by atoms with van der Waals surface area (Å²) in [5, 5.41) is 2.15. The maximum absolute atomic E-state index is 13.3. The summed E-state index contributed by atoms with van der Waals surface area (Å²) in [6.45, 7) is 3.98. The van der Waals surface area contributed by atoms with E-state index in [0.29, 0.717) is 44.3 Å². The topological polar surface area (TPSA) is 87.2 Å². The van der Waals surface area contributed by atoms with Crippen LogP contribution in [0.25, 0.3) is 10.8 Å². The van der Waals surface area contributed by atoms with E-state index in [-0.39, 0.29) is 16.7 Å². The van der Waals surface area contributed by atoms with Crippen molar-refractivity contribution in [3.05, 3.63) is 41.4 Å². The van der Waals surface area contributed by atoms with Crippen molar-refractivity contribution in [3.8, 4) is 0 Å². The van der Waals surface area contributed by atoms with Gasteiger partial charge in [0, 0.05) is 31.7 Å². The number of hydrogen-bond donors (Lipinski definition) is 0. The van der Waals surface area contributed by atoms with Crippen LogP contribution >= 0.6 is 11.6 Å². The Balaban J connectivity index is 1.51. The molecule has 0 radical (unpaired) electrons. The van der Waals surface area contributed by atoms with E-state index >= 15 is 0 Å². The van der Waals surface area contributed by atoms with Crippen molar-refractivity contribution in [3.63, 3.8) is 0 Å². The van der Waals surface area contributed by atoms with Gasteiger partial charge in [-0.1, -0.05) is 23.7 Å². The van der Waals surface area contributed by atoms with Crippen molar-refractivity contribution in [2.75, 3.05) is 39.9 Å². The number of fused-ring (bicyclic) bond motifs is 1. The van der Waals surface area contributed by atoms with Gasteiger partial charge in [-0.2, -0.15) is 4.31 Å². The zero-order chi connectivity index (χ0) is 23.0. The largest absolute Gasteiger partial charge is 0.378 e. The molecule has 2 heterocycles. The lowest BCUT2D eigenvalue weighted by atomic mass is 10.1. The second-order valence-corrected chi connectivity index (χ2v) is 10.6. The molecule has 2 saturated heterocycles. The van der Waals surface area contributed by atoms with Gasteiger partial charge in [-0.05, 0) is 48.4 Å². The Labute approximate surface area is 192 Å². The Hall–Kier alpha value is -2.20. The highest BCUT2D eigenvalue weighted by Crippen LogP contribution is 2.28. The van der Waals surface area contributed by atoms with Crippen molar-refractivity contribution in [2.24, 2.45) is 0 Å². The number of carbonyl (C=O) groups excluding carboxylic acids is 2. The molecule has 32 heavy (non-hydrogen) atoms. The van der Waals surface area contributed by atoms with Crippen LogP contribution in [0.15, 0.2) is 41.3 Å². The van der Waals surface area contributed by atoms with Gasteiger partial charge in [0.15, 0.2) is 0 Å². The normalized spacial score (nSPS) is 20.9. The zero-order valence-corrected chi connectivity index (χ0v) is 19.6. The average Bonchev–Trinajstić information content (AvgIpc) is 3.18. The van der Waals surface area contributed by atoms with E-state index < -0.39 is 22.1 Å². The number of likely N-dealkylation sites (N-methyl/N-ethyl adjacent to an activating group) is 1. The minimum absolute atomic E-state index is 0.110. The van der Waals surface area contributed by atoms with E-state index in [0.717, 1.165) is 15.1 Å². The van der Waals surface area contributed by atoms with Crippen LogP contribution in [-0.2, 0) is 24.3 Å². The van der Waals surface area contributed by atoms with Crippen LogP contribution in [0.4, 0.5) is 0 Å². The van der Waals surface area contributed by atoms with E-state index in [4.69, 9.17) is 16.3 Å². The molecule has 172 valence electrons. The minimum atomic E-state index is -3.91. The molecule has 0 aliphatic carbocycles. The van der Waals surface area contributed by atoms with E-state index in [2.05, 4.69) is 0 Å². The summed E-state index contributed by atoms with van der Waals surface area (Å²) in [7, 11) is -2.49. The second kappa shape index (κ2) is 8.97. The van der Waals surface area contributed by atoms with Gasteiger partial charge >= 0.3 is 0 Å². The monoisotopic (exact) mass is 479 g/mol. The fraction of sp³-hybridized carbons (Fsp3) is 0.455. The highest BCUT2D eigenvalue weighted by Gasteiger charge is 2.43. The van der Waals surface area contributed by atoms with Crippen LogP contribution in [0.2, 0.25) is 5.02 Å². The number of sulfonamides is 1. The fourth-order valence-corrected chi connectivity index (χ4v) is 5.84. The van der Waals surface area contributed by atoms with Gasteiger partial charge in [-0.25, -0.2) is 8.42 Å². The third kappa shape index (κ3) is 4.22. The first-order valence-electron chi connectivity index (χ1n) is 10.5. The molecule has 0 spiro atoms. The summed E-state index contributed by atoms with van der Waals surface area (Å²) < 4.78 is 33.0. The van der Waals surface area contributed by atoms with Gasteiger partial charge in [-0.15, -0.1) is 0 Å². The number of carbonyl (C=O) groups is 2. The Morgan fingerprint density at radius 3 is 2.50 bits per heavy atom. The summed E-state index contributed by atoms with van der Waals surface area (Å²) >= 11 is 6.01. The van der Waals surface area contributed by atoms with Gasteiger partial charge < -0.3 is 14.5 Å². The van der Waals surface area contributed by atoms with E-state index in [1.165, 1.54) is 18.0 Å². The van der Waals surface area contributed by atoms with Gasteiger partial charge in [0.05, 0.1) is 18.1 Å². The lowest BCUT2D eigenvalue weighted by Crippen LogP contribution is -2.52. The maximum atomic E-state index is 13.3. The van der Waals surface area contributed by atoms with E-state index in [1.54, 1.807) is 42.2 Å². The summed E-state index contributed by atoms with van der Waals surface area (Å²) in [4.78, 5) is 29.2. The third-order valence-electron chi connectivity index (χ3n) is 6.25. The molecule has 0 saturated carbocycles. The summed E-state index contributed by atoms with van der Waals surface area (Å²) in [5.41, 5.74) is 0. The third-order valence-corrected chi connectivity index (χ3v) is 8.35. The van der Waals surface area contributed by atoms with Crippen LogP contribution in [0, 0.1) is 0 Å². The lowest BCUT2D eigenvalue weighted by molar-refractivity contribution is -0.146. The molecule has 2 aliphatic rings. The van der Waals surface area contributed by atoms with Crippen LogP contribution in [0.3, 0.4) is 0 Å². The number of amides is 2. The van der Waals surface area contributed by atoms with Gasteiger partial charge in [0.2, 0.25) is 21.8 Å². The number of halogens is 1. The highest BCUT2D eigenvalue weighted by atomic mass is 35.5. The van der Waals surface area contributed by atoms with Gasteiger partial charge in [-0.3, -0.25) is 9.59 Å². The molecule has 2 aliphatic heterocycles. The molecular weight excluding hydrogens is 454 g/mol. The number of ether oxygens (including phenoxy) is 1. The SMILES string of the molecule is C[C@H](C(=O)N1CCOCC1)N1CC[C@H](N(C)S(=O)(=O)c2ccc3cc(Cl)ccc3c2)C1=O. The second-order valence-electron chi connectivity index (χ2n) is 8.12. The van der Waals surface area contributed by atoms with Gasteiger partial charge in [0.25, 0.3) is 0 Å². The Morgan fingerprint density at radius 2 is 1.78 bits per heavy atom. The first kappa shape index (κ1) is 23.0. The molecule has 2 fully saturated rings. The number of nitrogens with zero attached hydrogens (tertiary/aromatic N) is 3. The van der Waals surface area contributed by atoms with Crippen molar-refractivity contribution >= 4 is 44.2 Å². The molecule has 0 N–H and O–H groups in total. The first-order chi connectivity index (χ1) is 15.2. The van der Waals surface area contributed by atoms with Crippen LogP contribution in [0.1, 0.15) is 13.3 Å². The zero-order valence-electron chi connectivity index (χ0n) is 18.0. The quantitative estimate of drug-likeness (QED) is 0.654. The Kier molecular flexibility index (Phi) is 6.44. The summed E-state index contributed by atoms with van der Waals surface area (Å²) in [6, 6.07) is 8.54. The lowest BCUT2D eigenvalue weighted by Gasteiger charge is -2.33. The molecule has 0 bridgehead atoms. The Bertz CT molecular complexity index is 1150. The highest BCUT2D eigenvalue weighted by molar-refractivity contribution is 7.89. The Morgan fingerprint density at radius 1 is 1.12 bits per heavy atom. The molecule has 0 aromatic heterocycles. The number of hydrogen-bond acceptors (Lipinski definition) is 5. The summed E-state index contributed by atoms with van der Waals surface area (Å²) in [6.07, 6.45) is 0.332. The molecular formula is C22H26ClN3O5S. The number of benzene rings is 2. The van der Waals surface area contributed by atoms with Crippen molar-refractivity contribution in [1.29, 1.82) is 0 Å². The maximum Gasteiger partial charge on any atom is 0.245 e. The molecule has 2 atom stereocenters.